The molecule has 3 aromatic rings. The molecule has 0 aliphatic carbocycles. The number of hydrogen-bond acceptors (Lipinski definition) is 3. The van der Waals surface area contributed by atoms with Crippen LogP contribution in [0, 0.1) is 0 Å². The van der Waals surface area contributed by atoms with E-state index in [0.29, 0.717) is 5.56 Å². The lowest BCUT2D eigenvalue weighted by molar-refractivity contribution is -0.138. The highest BCUT2D eigenvalue weighted by molar-refractivity contribution is 7.93. The quantitative estimate of drug-likeness (QED) is 0.553. The molecule has 0 bridgehead atoms. The number of aliphatic carboxylic acids is 1. The Kier molecular flexibility index (Phi) is 5.42. The molecule has 0 spiro atoms. The molecule has 166 valence electrons. The Hall–Kier alpha value is -3.04. The van der Waals surface area contributed by atoms with Gasteiger partial charge < -0.3 is 5.11 Å². The Labute approximate surface area is 186 Å². The molecule has 1 N–H and O–H groups in total. The summed E-state index contributed by atoms with van der Waals surface area (Å²) in [5, 5.41) is 9.65. The van der Waals surface area contributed by atoms with E-state index in [-0.39, 0.29) is 33.2 Å². The van der Waals surface area contributed by atoms with Crippen molar-refractivity contribution in [2.24, 2.45) is 0 Å². The van der Waals surface area contributed by atoms with E-state index in [9.17, 15) is 31.5 Å². The first-order valence-electron chi connectivity index (χ1n) is 9.32. The van der Waals surface area contributed by atoms with E-state index in [1.807, 2.05) is 0 Å². The second-order valence-electron chi connectivity index (χ2n) is 7.20. The van der Waals surface area contributed by atoms with Crippen LogP contribution in [0.5, 0.6) is 0 Å². The number of rotatable bonds is 4. The van der Waals surface area contributed by atoms with E-state index >= 15 is 0 Å². The van der Waals surface area contributed by atoms with Gasteiger partial charge in [-0.05, 0) is 47.5 Å². The maximum Gasteiger partial charge on any atom is 0.416 e. The van der Waals surface area contributed by atoms with Crippen molar-refractivity contribution in [1.29, 1.82) is 0 Å². The van der Waals surface area contributed by atoms with E-state index in [2.05, 4.69) is 0 Å². The third-order valence-corrected chi connectivity index (χ3v) is 7.39. The predicted molar refractivity (Wildman–Crippen MR) is 113 cm³/mol. The highest BCUT2D eigenvalue weighted by atomic mass is 35.5. The van der Waals surface area contributed by atoms with Crippen molar-refractivity contribution in [3.8, 4) is 11.1 Å². The Morgan fingerprint density at radius 1 is 1.03 bits per heavy atom. The molecule has 1 heterocycles. The minimum absolute atomic E-state index is 0.0304. The van der Waals surface area contributed by atoms with Crippen LogP contribution in [0.1, 0.15) is 11.1 Å². The lowest BCUT2D eigenvalue weighted by Crippen LogP contribution is -2.42. The monoisotopic (exact) mass is 481 g/mol. The van der Waals surface area contributed by atoms with Crippen LogP contribution < -0.4 is 4.31 Å². The summed E-state index contributed by atoms with van der Waals surface area (Å²) < 4.78 is 66.6. The van der Waals surface area contributed by atoms with Crippen molar-refractivity contribution in [3.05, 3.63) is 82.9 Å². The zero-order valence-corrected chi connectivity index (χ0v) is 17.7. The normalized spacial score (nSPS) is 16.1. The Bertz CT molecular complexity index is 1310. The number of nitrogens with zero attached hydrogens (tertiary/aromatic N) is 1. The minimum atomic E-state index is -4.56. The Balaban J connectivity index is 1.74. The van der Waals surface area contributed by atoms with E-state index in [1.165, 1.54) is 30.3 Å². The van der Waals surface area contributed by atoms with Crippen molar-refractivity contribution in [2.75, 3.05) is 4.31 Å². The van der Waals surface area contributed by atoms with Crippen molar-refractivity contribution in [1.82, 2.24) is 0 Å². The molecule has 1 aliphatic rings. The van der Waals surface area contributed by atoms with Crippen molar-refractivity contribution < 1.29 is 31.5 Å². The lowest BCUT2D eigenvalue weighted by atomic mass is 10.0. The van der Waals surface area contributed by atoms with Gasteiger partial charge in [-0.2, -0.15) is 13.2 Å². The summed E-state index contributed by atoms with van der Waals surface area (Å²) in [4.78, 5) is 11.5. The van der Waals surface area contributed by atoms with Gasteiger partial charge in [-0.25, -0.2) is 13.2 Å². The summed E-state index contributed by atoms with van der Waals surface area (Å²) >= 11 is 6.07. The highest BCUT2D eigenvalue weighted by Gasteiger charge is 2.42. The van der Waals surface area contributed by atoms with Crippen LogP contribution >= 0.6 is 11.6 Å². The van der Waals surface area contributed by atoms with Gasteiger partial charge >= 0.3 is 12.1 Å². The molecule has 0 amide bonds. The topological polar surface area (TPSA) is 74.7 Å². The Morgan fingerprint density at radius 3 is 2.31 bits per heavy atom. The largest absolute Gasteiger partial charge is 0.480 e. The number of hydrogen-bond donors (Lipinski definition) is 1. The average molecular weight is 482 g/mol. The number of para-hydroxylation sites is 1. The van der Waals surface area contributed by atoms with Gasteiger partial charge in [-0.3, -0.25) is 4.31 Å². The fraction of sp³-hybridized carbons (Fsp3) is 0.136. The molecule has 10 heteroatoms. The van der Waals surface area contributed by atoms with Crippen LogP contribution in [-0.4, -0.2) is 25.5 Å². The first-order chi connectivity index (χ1) is 15.0. The van der Waals surface area contributed by atoms with Gasteiger partial charge in [0, 0.05) is 17.0 Å². The standard InChI is InChI=1S/C22H15ClF3NO4S/c23-18-10-7-15(22(24,25)26)12-17(18)13-5-8-16(9-6-13)32(30,31)27-19-4-2-1-3-14(19)11-20(27)21(28)29/h1-10,12,20H,11H2,(H,28,29). The van der Waals surface area contributed by atoms with Crippen molar-refractivity contribution in [2.45, 2.75) is 23.5 Å². The molecule has 0 aromatic heterocycles. The second kappa shape index (κ2) is 7.83. The maximum absolute atomic E-state index is 13.3. The summed E-state index contributed by atoms with van der Waals surface area (Å²) in [7, 11) is -4.25. The molecular weight excluding hydrogens is 467 g/mol. The third kappa shape index (κ3) is 3.82. The number of anilines is 1. The van der Waals surface area contributed by atoms with E-state index in [1.54, 1.807) is 18.2 Å². The van der Waals surface area contributed by atoms with E-state index in [4.69, 9.17) is 11.6 Å². The molecule has 0 fully saturated rings. The van der Waals surface area contributed by atoms with Crippen LogP contribution in [0.15, 0.2) is 71.6 Å². The number of sulfonamides is 1. The number of fused-ring (bicyclic) bond motifs is 1. The van der Waals surface area contributed by atoms with Gasteiger partial charge in [0.25, 0.3) is 10.0 Å². The Morgan fingerprint density at radius 2 is 1.69 bits per heavy atom. The van der Waals surface area contributed by atoms with Crippen LogP contribution in [0.25, 0.3) is 11.1 Å². The van der Waals surface area contributed by atoms with Crippen LogP contribution in [0.3, 0.4) is 0 Å². The molecule has 1 atom stereocenters. The first-order valence-corrected chi connectivity index (χ1v) is 11.1. The van der Waals surface area contributed by atoms with Gasteiger partial charge in [-0.1, -0.05) is 41.9 Å². The molecule has 1 aliphatic heterocycles. The molecule has 1 unspecified atom stereocenters. The van der Waals surface area contributed by atoms with Gasteiger partial charge in [0.05, 0.1) is 16.1 Å². The van der Waals surface area contributed by atoms with Crippen LogP contribution in [0.2, 0.25) is 5.02 Å². The SMILES string of the molecule is O=C(O)C1Cc2ccccc2N1S(=O)(=O)c1ccc(-c2cc(C(F)(F)F)ccc2Cl)cc1. The molecule has 0 saturated carbocycles. The smallest absolute Gasteiger partial charge is 0.416 e. The summed E-state index contributed by atoms with van der Waals surface area (Å²) in [5.74, 6) is -1.28. The molecule has 5 nitrogen and oxygen atoms in total. The molecule has 0 radical (unpaired) electrons. The van der Waals surface area contributed by atoms with E-state index in [0.717, 1.165) is 22.5 Å². The van der Waals surface area contributed by atoms with Crippen LogP contribution in [-0.2, 0) is 27.4 Å². The number of halogens is 4. The number of benzene rings is 3. The highest BCUT2D eigenvalue weighted by Crippen LogP contribution is 2.39. The molecule has 3 aromatic carbocycles. The van der Waals surface area contributed by atoms with Crippen molar-refractivity contribution >= 4 is 33.3 Å². The molecule has 4 rings (SSSR count). The summed E-state index contributed by atoms with van der Waals surface area (Å²) in [6.45, 7) is 0. The van der Waals surface area contributed by atoms with E-state index < -0.39 is 33.8 Å². The fourth-order valence-electron chi connectivity index (χ4n) is 3.69. The van der Waals surface area contributed by atoms with Crippen molar-refractivity contribution in [3.63, 3.8) is 0 Å². The summed E-state index contributed by atoms with van der Waals surface area (Å²) in [5.41, 5.74) is 0.379. The second-order valence-corrected chi connectivity index (χ2v) is 9.43. The summed E-state index contributed by atoms with van der Waals surface area (Å²) in [6, 6.07) is 13.2. The zero-order valence-electron chi connectivity index (χ0n) is 16.2. The average Bonchev–Trinajstić information content (AvgIpc) is 3.14. The molecular formula is C22H15ClF3NO4S. The number of carboxylic acid groups (broad SMARTS) is 1. The van der Waals surface area contributed by atoms with Gasteiger partial charge in [0.2, 0.25) is 0 Å². The number of carboxylic acids is 1. The third-order valence-electron chi connectivity index (χ3n) is 5.23. The first kappa shape index (κ1) is 22.2. The molecule has 0 saturated heterocycles. The van der Waals surface area contributed by atoms with Gasteiger partial charge in [0.1, 0.15) is 6.04 Å². The molecule has 32 heavy (non-hydrogen) atoms. The van der Waals surface area contributed by atoms with Gasteiger partial charge in [0.15, 0.2) is 0 Å². The van der Waals surface area contributed by atoms with Gasteiger partial charge in [-0.15, -0.1) is 0 Å². The zero-order chi connectivity index (χ0) is 23.3. The fourth-order valence-corrected chi connectivity index (χ4v) is 5.56. The maximum atomic E-state index is 13.3. The summed E-state index contributed by atoms with van der Waals surface area (Å²) in [6.07, 6.45) is -4.53. The minimum Gasteiger partial charge on any atom is -0.480 e. The number of alkyl halides is 3. The van der Waals surface area contributed by atoms with Crippen LogP contribution in [0.4, 0.5) is 18.9 Å². The lowest BCUT2D eigenvalue weighted by Gasteiger charge is -2.24. The number of carbonyl (C=O) groups is 1. The predicted octanol–water partition coefficient (Wildman–Crippen LogP) is 5.23.